The summed E-state index contributed by atoms with van der Waals surface area (Å²) in [5.41, 5.74) is 16.4. The quantitative estimate of drug-likeness (QED) is 0.775. The summed E-state index contributed by atoms with van der Waals surface area (Å²) in [6, 6.07) is 13.9. The third kappa shape index (κ3) is 2.04. The highest BCUT2D eigenvalue weighted by Gasteiger charge is 2.10. The Labute approximate surface area is 102 Å². The molecule has 0 fully saturated rings. The largest absolute Gasteiger partial charge is 0.397 e. The number of benzene rings is 2. The van der Waals surface area contributed by atoms with Gasteiger partial charge in [0, 0.05) is 30.9 Å². The fourth-order valence-electron chi connectivity index (χ4n) is 1.91. The summed E-state index contributed by atoms with van der Waals surface area (Å²) in [5, 5.41) is 0. The predicted octanol–water partition coefficient (Wildman–Crippen LogP) is 2.58. The maximum absolute atomic E-state index is 6.04. The van der Waals surface area contributed by atoms with E-state index in [4.69, 9.17) is 11.5 Å². The number of nitrogens with two attached hydrogens (primary N) is 2. The van der Waals surface area contributed by atoms with Crippen LogP contribution in [0.5, 0.6) is 0 Å². The SMILES string of the molecule is CN(C)c1ccccc1-c1cccc(N)c1N. The van der Waals surface area contributed by atoms with Crippen molar-refractivity contribution in [2.75, 3.05) is 30.5 Å². The van der Waals surface area contributed by atoms with Crippen LogP contribution in [0.3, 0.4) is 0 Å². The molecule has 0 unspecified atom stereocenters. The topological polar surface area (TPSA) is 55.3 Å². The van der Waals surface area contributed by atoms with Crippen molar-refractivity contribution in [3.05, 3.63) is 42.5 Å². The van der Waals surface area contributed by atoms with Crippen molar-refractivity contribution in [2.45, 2.75) is 0 Å². The van der Waals surface area contributed by atoms with Gasteiger partial charge in [0.1, 0.15) is 0 Å². The minimum atomic E-state index is 0.621. The van der Waals surface area contributed by atoms with Gasteiger partial charge in [-0.25, -0.2) is 0 Å². The first-order chi connectivity index (χ1) is 8.11. The lowest BCUT2D eigenvalue weighted by molar-refractivity contribution is 1.13. The highest BCUT2D eigenvalue weighted by molar-refractivity contribution is 5.90. The number of hydrogen-bond donors (Lipinski definition) is 2. The van der Waals surface area contributed by atoms with Gasteiger partial charge in [-0.3, -0.25) is 0 Å². The number of hydrogen-bond acceptors (Lipinski definition) is 3. The van der Waals surface area contributed by atoms with Crippen molar-refractivity contribution < 1.29 is 0 Å². The van der Waals surface area contributed by atoms with E-state index in [1.165, 1.54) is 0 Å². The smallest absolute Gasteiger partial charge is 0.0628 e. The van der Waals surface area contributed by atoms with E-state index in [2.05, 4.69) is 17.0 Å². The second kappa shape index (κ2) is 4.37. The summed E-state index contributed by atoms with van der Waals surface area (Å²) >= 11 is 0. The maximum Gasteiger partial charge on any atom is 0.0628 e. The van der Waals surface area contributed by atoms with Gasteiger partial charge in [0.15, 0.2) is 0 Å². The third-order valence-electron chi connectivity index (χ3n) is 2.82. The summed E-state index contributed by atoms with van der Waals surface area (Å²) in [6.45, 7) is 0. The Morgan fingerprint density at radius 2 is 1.47 bits per heavy atom. The zero-order valence-corrected chi connectivity index (χ0v) is 10.1. The van der Waals surface area contributed by atoms with Gasteiger partial charge in [0.05, 0.1) is 11.4 Å². The number of rotatable bonds is 2. The Balaban J connectivity index is 2.64. The van der Waals surface area contributed by atoms with Crippen molar-refractivity contribution in [1.82, 2.24) is 0 Å². The van der Waals surface area contributed by atoms with Crippen molar-refractivity contribution in [2.24, 2.45) is 0 Å². The van der Waals surface area contributed by atoms with Crippen LogP contribution in [0.15, 0.2) is 42.5 Å². The van der Waals surface area contributed by atoms with Crippen molar-refractivity contribution in [3.8, 4) is 11.1 Å². The van der Waals surface area contributed by atoms with Crippen molar-refractivity contribution >= 4 is 17.1 Å². The molecule has 0 aliphatic carbocycles. The van der Waals surface area contributed by atoms with Gasteiger partial charge in [0.2, 0.25) is 0 Å². The number of para-hydroxylation sites is 2. The second-order valence-electron chi connectivity index (χ2n) is 4.22. The summed E-state index contributed by atoms with van der Waals surface area (Å²) < 4.78 is 0. The molecule has 0 saturated carbocycles. The van der Waals surface area contributed by atoms with E-state index in [1.807, 2.05) is 44.4 Å². The van der Waals surface area contributed by atoms with Gasteiger partial charge in [-0.15, -0.1) is 0 Å². The molecule has 0 radical (unpaired) electrons. The van der Waals surface area contributed by atoms with Crippen molar-refractivity contribution in [1.29, 1.82) is 0 Å². The monoisotopic (exact) mass is 227 g/mol. The van der Waals surface area contributed by atoms with E-state index in [0.29, 0.717) is 11.4 Å². The van der Waals surface area contributed by atoms with E-state index >= 15 is 0 Å². The molecule has 0 aliphatic heterocycles. The van der Waals surface area contributed by atoms with E-state index in [-0.39, 0.29) is 0 Å². The van der Waals surface area contributed by atoms with Gasteiger partial charge in [-0.2, -0.15) is 0 Å². The van der Waals surface area contributed by atoms with Crippen LogP contribution in [-0.2, 0) is 0 Å². The van der Waals surface area contributed by atoms with Crippen LogP contribution in [0.1, 0.15) is 0 Å². The summed E-state index contributed by atoms with van der Waals surface area (Å²) in [6.07, 6.45) is 0. The summed E-state index contributed by atoms with van der Waals surface area (Å²) in [4.78, 5) is 2.07. The molecule has 0 aliphatic rings. The number of nitrogen functional groups attached to an aromatic ring is 2. The van der Waals surface area contributed by atoms with Crippen LogP contribution >= 0.6 is 0 Å². The molecule has 2 aromatic carbocycles. The molecule has 0 saturated heterocycles. The molecule has 0 spiro atoms. The van der Waals surface area contributed by atoms with E-state index < -0.39 is 0 Å². The van der Waals surface area contributed by atoms with Crippen molar-refractivity contribution in [3.63, 3.8) is 0 Å². The first-order valence-corrected chi connectivity index (χ1v) is 5.52. The standard InChI is InChI=1S/C14H17N3/c1-17(2)13-9-4-3-6-10(13)11-7-5-8-12(15)14(11)16/h3-9H,15-16H2,1-2H3. The van der Waals surface area contributed by atoms with E-state index in [9.17, 15) is 0 Å². The average Bonchev–Trinajstić information content (AvgIpc) is 2.33. The van der Waals surface area contributed by atoms with Gasteiger partial charge in [-0.05, 0) is 12.1 Å². The van der Waals surface area contributed by atoms with Crippen LogP contribution in [0.2, 0.25) is 0 Å². The van der Waals surface area contributed by atoms with Crippen LogP contribution in [0.25, 0.3) is 11.1 Å². The molecule has 0 aromatic heterocycles. The molecule has 0 bridgehead atoms. The molecular formula is C14H17N3. The summed E-state index contributed by atoms with van der Waals surface area (Å²) in [7, 11) is 4.03. The fraction of sp³-hybridized carbons (Fsp3) is 0.143. The molecule has 17 heavy (non-hydrogen) atoms. The zero-order valence-electron chi connectivity index (χ0n) is 10.1. The molecule has 88 valence electrons. The Kier molecular flexibility index (Phi) is 2.91. The molecule has 3 heteroatoms. The van der Waals surface area contributed by atoms with Gasteiger partial charge in [0.25, 0.3) is 0 Å². The van der Waals surface area contributed by atoms with E-state index in [1.54, 1.807) is 0 Å². The predicted molar refractivity (Wildman–Crippen MR) is 75.0 cm³/mol. The number of anilines is 3. The molecule has 0 heterocycles. The molecule has 0 amide bonds. The number of nitrogens with zero attached hydrogens (tertiary/aromatic N) is 1. The Bertz CT molecular complexity index is 533. The van der Waals surface area contributed by atoms with Crippen LogP contribution in [-0.4, -0.2) is 14.1 Å². The third-order valence-corrected chi connectivity index (χ3v) is 2.82. The van der Waals surface area contributed by atoms with E-state index in [0.717, 1.165) is 16.8 Å². The maximum atomic E-state index is 6.04. The van der Waals surface area contributed by atoms with Gasteiger partial charge in [-0.1, -0.05) is 30.3 Å². The molecule has 0 atom stereocenters. The second-order valence-corrected chi connectivity index (χ2v) is 4.22. The van der Waals surface area contributed by atoms with Crippen LogP contribution in [0, 0.1) is 0 Å². The first kappa shape index (κ1) is 11.3. The summed E-state index contributed by atoms with van der Waals surface area (Å²) in [5.74, 6) is 0. The van der Waals surface area contributed by atoms with Crippen LogP contribution < -0.4 is 16.4 Å². The molecule has 2 aromatic rings. The zero-order chi connectivity index (χ0) is 12.4. The lowest BCUT2D eigenvalue weighted by Crippen LogP contribution is -2.10. The molecule has 3 nitrogen and oxygen atoms in total. The first-order valence-electron chi connectivity index (χ1n) is 5.52. The lowest BCUT2D eigenvalue weighted by Gasteiger charge is -2.18. The normalized spacial score (nSPS) is 10.2. The fourth-order valence-corrected chi connectivity index (χ4v) is 1.91. The van der Waals surface area contributed by atoms with Crippen LogP contribution in [0.4, 0.5) is 17.1 Å². The Morgan fingerprint density at radius 1 is 0.824 bits per heavy atom. The Hall–Kier alpha value is -2.16. The minimum absolute atomic E-state index is 0.621. The highest BCUT2D eigenvalue weighted by Crippen LogP contribution is 2.35. The highest BCUT2D eigenvalue weighted by atomic mass is 15.1. The minimum Gasteiger partial charge on any atom is -0.397 e. The molecular weight excluding hydrogens is 210 g/mol. The lowest BCUT2D eigenvalue weighted by atomic mass is 10.0. The van der Waals surface area contributed by atoms with Gasteiger partial charge < -0.3 is 16.4 Å². The molecule has 4 N–H and O–H groups in total. The van der Waals surface area contributed by atoms with Gasteiger partial charge >= 0.3 is 0 Å². The average molecular weight is 227 g/mol. The Morgan fingerprint density at radius 3 is 2.18 bits per heavy atom. The molecule has 2 rings (SSSR count).